The van der Waals surface area contributed by atoms with E-state index in [1.54, 1.807) is 6.07 Å². The lowest BCUT2D eigenvalue weighted by Crippen LogP contribution is -2.19. The molecule has 0 bridgehead atoms. The molecule has 0 aromatic heterocycles. The molecule has 0 spiro atoms. The zero-order valence-corrected chi connectivity index (χ0v) is 7.86. The zero-order valence-electron chi connectivity index (χ0n) is 7.04. The molecule has 0 unspecified atom stereocenters. The lowest BCUT2D eigenvalue weighted by atomic mass is 10.0. The van der Waals surface area contributed by atoms with Gasteiger partial charge in [-0.3, -0.25) is 4.79 Å². The maximum Gasteiger partial charge on any atom is 0.224 e. The van der Waals surface area contributed by atoms with Crippen molar-refractivity contribution in [3.63, 3.8) is 0 Å². The number of nitrogen functional groups attached to an aromatic ring is 1. The second-order valence-electron chi connectivity index (χ2n) is 2.93. The van der Waals surface area contributed by atoms with Gasteiger partial charge in [0.25, 0.3) is 0 Å². The first-order valence-corrected chi connectivity index (χ1v) is 3.94. The maximum atomic E-state index is 11.0. The van der Waals surface area contributed by atoms with Crippen LogP contribution in [0.5, 0.6) is 0 Å². The first kappa shape index (κ1) is 9.86. The van der Waals surface area contributed by atoms with Crippen LogP contribution in [0.15, 0.2) is 18.2 Å². The quantitative estimate of drug-likeness (QED) is 0.622. The molecule has 0 saturated carbocycles. The van der Waals surface area contributed by atoms with Crippen molar-refractivity contribution in [1.82, 2.24) is 0 Å². The fourth-order valence-electron chi connectivity index (χ4n) is 1.43. The Hall–Kier alpha value is -1.22. The number of benzene rings is 1. The van der Waals surface area contributed by atoms with E-state index in [0.717, 1.165) is 17.7 Å². The third-order valence-electron chi connectivity index (χ3n) is 2.07. The van der Waals surface area contributed by atoms with Gasteiger partial charge in [-0.15, -0.1) is 12.4 Å². The summed E-state index contributed by atoms with van der Waals surface area (Å²) in [5, 5.41) is 2.76. The van der Waals surface area contributed by atoms with Crippen molar-refractivity contribution in [3.05, 3.63) is 23.8 Å². The number of nitrogens with two attached hydrogens (primary N) is 1. The summed E-state index contributed by atoms with van der Waals surface area (Å²) in [5.41, 5.74) is 8.28. The molecule has 1 aliphatic heterocycles. The smallest absolute Gasteiger partial charge is 0.224 e. The monoisotopic (exact) mass is 198 g/mol. The summed E-state index contributed by atoms with van der Waals surface area (Å²) in [6, 6.07) is 5.70. The number of anilines is 2. The van der Waals surface area contributed by atoms with Crippen molar-refractivity contribution >= 4 is 29.7 Å². The minimum Gasteiger partial charge on any atom is -0.397 e. The van der Waals surface area contributed by atoms with Gasteiger partial charge in [0.2, 0.25) is 5.91 Å². The third-order valence-corrected chi connectivity index (χ3v) is 2.07. The number of nitrogens with one attached hydrogen (secondary N) is 1. The normalized spacial score (nSPS) is 14.0. The molecule has 2 rings (SSSR count). The number of aryl methyl sites for hydroxylation is 1. The number of rotatable bonds is 0. The van der Waals surface area contributed by atoms with Crippen LogP contribution < -0.4 is 11.1 Å². The summed E-state index contributed by atoms with van der Waals surface area (Å²) < 4.78 is 0. The molecule has 3 nitrogen and oxygen atoms in total. The molecule has 0 atom stereocenters. The van der Waals surface area contributed by atoms with Gasteiger partial charge in [0.15, 0.2) is 0 Å². The largest absolute Gasteiger partial charge is 0.397 e. The van der Waals surface area contributed by atoms with Crippen LogP contribution in [0.4, 0.5) is 11.4 Å². The molecule has 0 saturated heterocycles. The molecule has 13 heavy (non-hydrogen) atoms. The molecule has 0 radical (unpaired) electrons. The van der Waals surface area contributed by atoms with Crippen LogP contribution in [0, 0.1) is 0 Å². The summed E-state index contributed by atoms with van der Waals surface area (Å²) >= 11 is 0. The molecule has 1 amide bonds. The fourth-order valence-corrected chi connectivity index (χ4v) is 1.43. The summed E-state index contributed by atoms with van der Waals surface area (Å²) in [4.78, 5) is 11.0. The minimum atomic E-state index is 0. The number of amides is 1. The van der Waals surface area contributed by atoms with E-state index >= 15 is 0 Å². The van der Waals surface area contributed by atoms with Crippen LogP contribution in [-0.4, -0.2) is 5.91 Å². The topological polar surface area (TPSA) is 55.1 Å². The van der Waals surface area contributed by atoms with Gasteiger partial charge >= 0.3 is 0 Å². The Morgan fingerprint density at radius 3 is 2.85 bits per heavy atom. The standard InChI is InChI=1S/C9H10N2O.ClH/c10-7-3-1-2-6-4-5-8(12)11-9(6)7;/h1-3H,4-5,10H2,(H,11,12);1H. The van der Waals surface area contributed by atoms with E-state index in [2.05, 4.69) is 5.32 Å². The first-order chi connectivity index (χ1) is 5.77. The Balaban J connectivity index is 0.000000845. The molecule has 1 aromatic carbocycles. The van der Waals surface area contributed by atoms with Crippen molar-refractivity contribution in [2.75, 3.05) is 11.1 Å². The molecular formula is C9H11ClN2O. The summed E-state index contributed by atoms with van der Waals surface area (Å²) in [6.45, 7) is 0. The van der Waals surface area contributed by atoms with E-state index in [9.17, 15) is 4.79 Å². The van der Waals surface area contributed by atoms with Crippen LogP contribution in [-0.2, 0) is 11.2 Å². The molecule has 0 aliphatic carbocycles. The highest BCUT2D eigenvalue weighted by Crippen LogP contribution is 2.27. The van der Waals surface area contributed by atoms with Gasteiger partial charge in [0.05, 0.1) is 11.4 Å². The van der Waals surface area contributed by atoms with Crippen molar-refractivity contribution in [2.24, 2.45) is 0 Å². The highest BCUT2D eigenvalue weighted by molar-refractivity contribution is 5.97. The van der Waals surface area contributed by atoms with Gasteiger partial charge in [0.1, 0.15) is 0 Å². The number of fused-ring (bicyclic) bond motifs is 1. The predicted molar refractivity (Wildman–Crippen MR) is 55.1 cm³/mol. The van der Waals surface area contributed by atoms with E-state index in [-0.39, 0.29) is 18.3 Å². The van der Waals surface area contributed by atoms with E-state index in [4.69, 9.17) is 5.73 Å². The molecule has 1 aliphatic rings. The van der Waals surface area contributed by atoms with E-state index in [0.29, 0.717) is 12.1 Å². The van der Waals surface area contributed by atoms with Gasteiger partial charge in [-0.1, -0.05) is 12.1 Å². The van der Waals surface area contributed by atoms with Gasteiger partial charge in [-0.25, -0.2) is 0 Å². The van der Waals surface area contributed by atoms with E-state index in [1.807, 2.05) is 12.1 Å². The zero-order chi connectivity index (χ0) is 8.55. The van der Waals surface area contributed by atoms with Gasteiger partial charge in [-0.2, -0.15) is 0 Å². The van der Waals surface area contributed by atoms with Crippen LogP contribution in [0.25, 0.3) is 0 Å². The molecule has 4 heteroatoms. The number of carbonyl (C=O) groups is 1. The summed E-state index contributed by atoms with van der Waals surface area (Å²) in [6.07, 6.45) is 1.36. The van der Waals surface area contributed by atoms with Crippen molar-refractivity contribution < 1.29 is 4.79 Å². The number of carbonyl (C=O) groups excluding carboxylic acids is 1. The number of para-hydroxylation sites is 1. The van der Waals surface area contributed by atoms with Crippen molar-refractivity contribution in [3.8, 4) is 0 Å². The number of hydrogen-bond acceptors (Lipinski definition) is 2. The molecule has 0 fully saturated rings. The number of halogens is 1. The van der Waals surface area contributed by atoms with Crippen molar-refractivity contribution in [1.29, 1.82) is 0 Å². The summed E-state index contributed by atoms with van der Waals surface area (Å²) in [7, 11) is 0. The lowest BCUT2D eigenvalue weighted by molar-refractivity contribution is -0.116. The van der Waals surface area contributed by atoms with Gasteiger partial charge in [0, 0.05) is 6.42 Å². The summed E-state index contributed by atoms with van der Waals surface area (Å²) in [5.74, 6) is 0.0559. The second kappa shape index (κ2) is 3.66. The molecule has 1 aromatic rings. The molecular weight excluding hydrogens is 188 g/mol. The average molecular weight is 199 g/mol. The maximum absolute atomic E-state index is 11.0. The van der Waals surface area contributed by atoms with E-state index in [1.165, 1.54) is 0 Å². The minimum absolute atomic E-state index is 0. The second-order valence-corrected chi connectivity index (χ2v) is 2.93. The van der Waals surface area contributed by atoms with Gasteiger partial charge in [-0.05, 0) is 18.1 Å². The fraction of sp³-hybridized carbons (Fsp3) is 0.222. The Kier molecular flexibility index (Phi) is 2.78. The van der Waals surface area contributed by atoms with Crippen LogP contribution in [0.3, 0.4) is 0 Å². The third kappa shape index (κ3) is 1.75. The van der Waals surface area contributed by atoms with Crippen molar-refractivity contribution in [2.45, 2.75) is 12.8 Å². The lowest BCUT2D eigenvalue weighted by Gasteiger charge is -2.17. The molecule has 3 N–H and O–H groups in total. The highest BCUT2D eigenvalue weighted by Gasteiger charge is 2.15. The van der Waals surface area contributed by atoms with Crippen LogP contribution in [0.2, 0.25) is 0 Å². The van der Waals surface area contributed by atoms with Gasteiger partial charge < -0.3 is 11.1 Å². The Morgan fingerprint density at radius 2 is 2.08 bits per heavy atom. The first-order valence-electron chi connectivity index (χ1n) is 3.94. The SMILES string of the molecule is Cl.Nc1cccc2c1NC(=O)CC2. The Bertz CT molecular complexity index is 338. The molecule has 70 valence electrons. The highest BCUT2D eigenvalue weighted by atomic mass is 35.5. The van der Waals surface area contributed by atoms with E-state index < -0.39 is 0 Å². The van der Waals surface area contributed by atoms with Crippen LogP contribution >= 0.6 is 12.4 Å². The average Bonchev–Trinajstić information content (AvgIpc) is 2.07. The Morgan fingerprint density at radius 1 is 1.31 bits per heavy atom. The predicted octanol–water partition coefficient (Wildman–Crippen LogP) is 1.58. The molecule has 1 heterocycles. The number of hydrogen-bond donors (Lipinski definition) is 2. The van der Waals surface area contributed by atoms with Crippen LogP contribution in [0.1, 0.15) is 12.0 Å². The Labute approximate surface area is 82.7 Å².